The van der Waals surface area contributed by atoms with Crippen LogP contribution < -0.4 is 9.47 Å². The molecule has 0 bridgehead atoms. The highest BCUT2D eigenvalue weighted by atomic mass is 16.5. The van der Waals surface area contributed by atoms with Crippen LogP contribution in [0.15, 0.2) is 24.8 Å². The Labute approximate surface area is 104 Å². The predicted molar refractivity (Wildman–Crippen MR) is 72.7 cm³/mol. The van der Waals surface area contributed by atoms with E-state index >= 15 is 0 Å². The molecule has 0 saturated carbocycles. The second kappa shape index (κ2) is 7.00. The van der Waals surface area contributed by atoms with Crippen molar-refractivity contribution in [2.45, 2.75) is 33.6 Å². The van der Waals surface area contributed by atoms with Crippen LogP contribution in [-0.4, -0.2) is 13.2 Å². The van der Waals surface area contributed by atoms with Crippen LogP contribution in [-0.2, 0) is 0 Å². The molecule has 0 aromatic heterocycles. The van der Waals surface area contributed by atoms with Crippen molar-refractivity contribution < 1.29 is 9.47 Å². The Morgan fingerprint density at radius 1 is 1.06 bits per heavy atom. The fourth-order valence-corrected chi connectivity index (χ4v) is 1.43. The van der Waals surface area contributed by atoms with E-state index in [9.17, 15) is 0 Å². The smallest absolute Gasteiger partial charge is 0.161 e. The number of allylic oxidation sites excluding steroid dienone is 1. The third-order valence-corrected chi connectivity index (χ3v) is 2.36. The van der Waals surface area contributed by atoms with Gasteiger partial charge in [-0.25, -0.2) is 0 Å². The Bertz CT molecular complexity index is 369. The first-order chi connectivity index (χ1) is 8.19. The molecule has 0 aliphatic rings. The average Bonchev–Trinajstić information content (AvgIpc) is 2.34. The van der Waals surface area contributed by atoms with E-state index in [0.717, 1.165) is 42.1 Å². The maximum atomic E-state index is 5.71. The molecule has 0 amide bonds. The molecule has 1 rings (SSSR count). The zero-order valence-electron chi connectivity index (χ0n) is 11.1. The molecule has 0 unspecified atom stereocenters. The number of rotatable bonds is 7. The quantitative estimate of drug-likeness (QED) is 0.700. The highest BCUT2D eigenvalue weighted by molar-refractivity contribution is 5.64. The zero-order chi connectivity index (χ0) is 12.7. The van der Waals surface area contributed by atoms with Crippen LogP contribution >= 0.6 is 0 Å². The van der Waals surface area contributed by atoms with Crippen molar-refractivity contribution >= 4 is 5.57 Å². The van der Waals surface area contributed by atoms with E-state index in [-0.39, 0.29) is 0 Å². The Kier molecular flexibility index (Phi) is 5.61. The predicted octanol–water partition coefficient (Wildman–Crippen LogP) is 4.30. The van der Waals surface area contributed by atoms with Gasteiger partial charge in [0.15, 0.2) is 11.5 Å². The lowest BCUT2D eigenvalue weighted by atomic mass is 10.1. The highest BCUT2D eigenvalue weighted by Crippen LogP contribution is 2.30. The van der Waals surface area contributed by atoms with Crippen molar-refractivity contribution in [1.82, 2.24) is 0 Å². The maximum Gasteiger partial charge on any atom is 0.161 e. The fraction of sp³-hybridized carbons (Fsp3) is 0.467. The van der Waals surface area contributed by atoms with Crippen LogP contribution in [0.4, 0.5) is 0 Å². The van der Waals surface area contributed by atoms with Crippen molar-refractivity contribution in [2.75, 3.05) is 13.2 Å². The molecule has 0 radical (unpaired) electrons. The molecule has 17 heavy (non-hydrogen) atoms. The normalized spacial score (nSPS) is 10.1. The van der Waals surface area contributed by atoms with Gasteiger partial charge in [-0.2, -0.15) is 0 Å². The van der Waals surface area contributed by atoms with E-state index in [0.29, 0.717) is 6.61 Å². The van der Waals surface area contributed by atoms with Gasteiger partial charge in [-0.3, -0.25) is 0 Å². The third-order valence-electron chi connectivity index (χ3n) is 2.36. The lowest BCUT2D eigenvalue weighted by Gasteiger charge is -2.13. The van der Waals surface area contributed by atoms with Gasteiger partial charge in [0.1, 0.15) is 0 Å². The molecular weight excluding hydrogens is 212 g/mol. The number of ether oxygens (including phenoxy) is 2. The molecule has 0 N–H and O–H groups in total. The van der Waals surface area contributed by atoms with Crippen LogP contribution in [0.2, 0.25) is 0 Å². The minimum Gasteiger partial charge on any atom is -0.490 e. The molecule has 0 fully saturated rings. The fourth-order valence-electron chi connectivity index (χ4n) is 1.43. The van der Waals surface area contributed by atoms with Crippen molar-refractivity contribution in [2.24, 2.45) is 0 Å². The first-order valence-electron chi connectivity index (χ1n) is 6.24. The second-order valence-corrected chi connectivity index (χ2v) is 4.14. The molecular formula is C15H22O2. The minimum atomic E-state index is 0.710. The molecule has 1 aromatic carbocycles. The van der Waals surface area contributed by atoms with Crippen molar-refractivity contribution in [3.05, 3.63) is 30.3 Å². The second-order valence-electron chi connectivity index (χ2n) is 4.14. The van der Waals surface area contributed by atoms with Crippen LogP contribution in [0.5, 0.6) is 11.5 Å². The Hall–Kier alpha value is -1.44. The molecule has 0 aliphatic heterocycles. The summed E-state index contributed by atoms with van der Waals surface area (Å²) in [4.78, 5) is 0. The number of benzene rings is 1. The maximum absolute atomic E-state index is 5.71. The summed E-state index contributed by atoms with van der Waals surface area (Å²) in [7, 11) is 0. The summed E-state index contributed by atoms with van der Waals surface area (Å²) in [5.74, 6) is 1.64. The first-order valence-corrected chi connectivity index (χ1v) is 6.24. The third kappa shape index (κ3) is 4.14. The van der Waals surface area contributed by atoms with Gasteiger partial charge in [0.2, 0.25) is 0 Å². The summed E-state index contributed by atoms with van der Waals surface area (Å²) < 4.78 is 11.4. The largest absolute Gasteiger partial charge is 0.490 e. The lowest BCUT2D eigenvalue weighted by molar-refractivity contribution is 0.268. The van der Waals surface area contributed by atoms with E-state index in [2.05, 4.69) is 20.4 Å². The summed E-state index contributed by atoms with van der Waals surface area (Å²) in [6.45, 7) is 11.5. The molecule has 0 heterocycles. The van der Waals surface area contributed by atoms with E-state index in [1.165, 1.54) is 0 Å². The van der Waals surface area contributed by atoms with E-state index in [1.807, 2.05) is 25.1 Å². The topological polar surface area (TPSA) is 18.5 Å². The van der Waals surface area contributed by atoms with E-state index in [4.69, 9.17) is 9.47 Å². The minimum absolute atomic E-state index is 0.710. The van der Waals surface area contributed by atoms with Crippen LogP contribution in [0.1, 0.15) is 39.2 Å². The van der Waals surface area contributed by atoms with Crippen LogP contribution in [0.3, 0.4) is 0 Å². The molecule has 94 valence electrons. The Morgan fingerprint density at radius 3 is 2.18 bits per heavy atom. The van der Waals surface area contributed by atoms with Gasteiger partial charge in [-0.1, -0.05) is 32.1 Å². The molecule has 0 atom stereocenters. The first kappa shape index (κ1) is 13.6. The van der Waals surface area contributed by atoms with Crippen molar-refractivity contribution in [3.8, 4) is 11.5 Å². The Morgan fingerprint density at radius 2 is 1.65 bits per heavy atom. The van der Waals surface area contributed by atoms with E-state index < -0.39 is 0 Å². The van der Waals surface area contributed by atoms with Crippen LogP contribution in [0.25, 0.3) is 5.57 Å². The van der Waals surface area contributed by atoms with Gasteiger partial charge in [0.05, 0.1) is 13.2 Å². The molecule has 2 heteroatoms. The monoisotopic (exact) mass is 234 g/mol. The summed E-state index contributed by atoms with van der Waals surface area (Å²) in [6, 6.07) is 5.99. The molecule has 0 saturated heterocycles. The van der Waals surface area contributed by atoms with Crippen molar-refractivity contribution in [3.63, 3.8) is 0 Å². The number of hydrogen-bond acceptors (Lipinski definition) is 2. The standard InChI is InChI=1S/C15H22O2/c1-5-9-16-14-8-7-13(12(3)4)11-15(14)17-10-6-2/h7-8,11H,3,5-6,9-10H2,1-2,4H3. The lowest BCUT2D eigenvalue weighted by Crippen LogP contribution is -2.01. The van der Waals surface area contributed by atoms with Crippen molar-refractivity contribution in [1.29, 1.82) is 0 Å². The number of hydrogen-bond donors (Lipinski definition) is 0. The van der Waals surface area contributed by atoms with Gasteiger partial charge in [-0.05, 0) is 37.5 Å². The summed E-state index contributed by atoms with van der Waals surface area (Å²) in [6.07, 6.45) is 1.99. The molecule has 2 nitrogen and oxygen atoms in total. The Balaban J connectivity index is 2.90. The van der Waals surface area contributed by atoms with Gasteiger partial charge < -0.3 is 9.47 Å². The zero-order valence-corrected chi connectivity index (χ0v) is 11.1. The van der Waals surface area contributed by atoms with Crippen LogP contribution in [0, 0.1) is 0 Å². The summed E-state index contributed by atoms with van der Waals surface area (Å²) in [5.41, 5.74) is 2.13. The molecule has 0 aliphatic carbocycles. The highest BCUT2D eigenvalue weighted by Gasteiger charge is 2.06. The SMILES string of the molecule is C=C(C)c1ccc(OCCC)c(OCCC)c1. The van der Waals surface area contributed by atoms with Gasteiger partial charge in [0.25, 0.3) is 0 Å². The summed E-state index contributed by atoms with van der Waals surface area (Å²) >= 11 is 0. The summed E-state index contributed by atoms with van der Waals surface area (Å²) in [5, 5.41) is 0. The molecule has 1 aromatic rings. The molecule has 0 spiro atoms. The van der Waals surface area contributed by atoms with Gasteiger partial charge in [0, 0.05) is 0 Å². The van der Waals surface area contributed by atoms with E-state index in [1.54, 1.807) is 0 Å². The average molecular weight is 234 g/mol. The van der Waals surface area contributed by atoms with Gasteiger partial charge >= 0.3 is 0 Å². The van der Waals surface area contributed by atoms with Gasteiger partial charge in [-0.15, -0.1) is 0 Å².